The molecule has 0 aromatic rings. The van der Waals surface area contributed by atoms with Gasteiger partial charge in [0.05, 0.1) is 6.04 Å². The van der Waals surface area contributed by atoms with E-state index in [1.54, 1.807) is 0 Å². The van der Waals surface area contributed by atoms with Gasteiger partial charge in [-0.25, -0.2) is 4.79 Å². The van der Waals surface area contributed by atoms with E-state index in [2.05, 4.69) is 21.3 Å². The molecule has 0 aromatic heterocycles. The lowest BCUT2D eigenvalue weighted by Gasteiger charge is -2.29. The maximum Gasteiger partial charge on any atom is 0.326 e. The van der Waals surface area contributed by atoms with Gasteiger partial charge in [-0.3, -0.25) is 34.2 Å². The molecule has 0 spiro atoms. The van der Waals surface area contributed by atoms with Gasteiger partial charge in [0.2, 0.25) is 23.6 Å². The van der Waals surface area contributed by atoms with Crippen molar-refractivity contribution >= 4 is 47.5 Å². The monoisotopic (exact) mass is 657 g/mol. The number of carboxylic acid groups (broad SMARTS) is 3. The molecule has 46 heavy (non-hydrogen) atoms. The fraction of sp³-hybridized carbons (Fsp3) is 0.704. The topological polar surface area (TPSA) is 333 Å². The third-order valence-electron chi connectivity index (χ3n) is 7.28. The number of unbranched alkanes of at least 4 members (excludes halogenated alkanes) is 1. The molecule has 1 aliphatic rings. The number of rotatable bonds is 22. The Morgan fingerprint density at radius 2 is 1.37 bits per heavy atom. The lowest BCUT2D eigenvalue weighted by atomic mass is 10.0. The average molecular weight is 658 g/mol. The van der Waals surface area contributed by atoms with Crippen molar-refractivity contribution in [2.45, 2.75) is 101 Å². The molecule has 19 heteroatoms. The van der Waals surface area contributed by atoms with Gasteiger partial charge in [0, 0.05) is 25.9 Å². The van der Waals surface area contributed by atoms with Crippen molar-refractivity contribution in [1.29, 1.82) is 5.41 Å². The van der Waals surface area contributed by atoms with Crippen molar-refractivity contribution in [3.8, 4) is 0 Å². The van der Waals surface area contributed by atoms with Crippen LogP contribution in [-0.2, 0) is 33.6 Å². The summed E-state index contributed by atoms with van der Waals surface area (Å²) < 4.78 is 0. The zero-order valence-corrected chi connectivity index (χ0v) is 25.7. The Bertz CT molecular complexity index is 1110. The lowest BCUT2D eigenvalue weighted by Crippen LogP contribution is -2.58. The minimum absolute atomic E-state index is 0.0270. The van der Waals surface area contributed by atoms with Gasteiger partial charge >= 0.3 is 17.9 Å². The summed E-state index contributed by atoms with van der Waals surface area (Å²) in [5.41, 5.74) is 16.9. The molecule has 5 atom stereocenters. The number of nitrogens with zero attached hydrogens (tertiary/aromatic N) is 1. The summed E-state index contributed by atoms with van der Waals surface area (Å²) in [6, 6.07) is -6.24. The predicted molar refractivity (Wildman–Crippen MR) is 162 cm³/mol. The fourth-order valence-corrected chi connectivity index (χ4v) is 4.82. The Kier molecular flexibility index (Phi) is 17.6. The molecule has 14 N–H and O–H groups in total. The van der Waals surface area contributed by atoms with E-state index in [0.717, 1.165) is 0 Å². The number of amides is 4. The Hall–Kier alpha value is -4.52. The number of hydrogen-bond acceptors (Lipinski definition) is 10. The number of likely N-dealkylation sites (tertiary alicyclic amines) is 1. The highest BCUT2D eigenvalue weighted by molar-refractivity contribution is 5.95. The summed E-state index contributed by atoms with van der Waals surface area (Å²) in [5, 5.41) is 44.4. The third kappa shape index (κ3) is 14.5. The van der Waals surface area contributed by atoms with E-state index in [9.17, 15) is 38.7 Å². The number of carbonyl (C=O) groups excluding carboxylic acids is 4. The maximum absolute atomic E-state index is 13.4. The Morgan fingerprint density at radius 1 is 0.804 bits per heavy atom. The van der Waals surface area contributed by atoms with E-state index in [0.29, 0.717) is 38.6 Å². The van der Waals surface area contributed by atoms with E-state index < -0.39 is 97.4 Å². The van der Waals surface area contributed by atoms with Gasteiger partial charge in [-0.15, -0.1) is 0 Å². The van der Waals surface area contributed by atoms with Crippen LogP contribution in [0.15, 0.2) is 0 Å². The standard InChI is InChI=1S/C27H47N9O10/c28-12-2-1-5-15(29)25(44)36-14-4-7-19(36)24(43)34-16(6-3-13-32-27(30)31)22(41)33-17(8-10-20(37)38)23(42)35-18(26(45)46)9-11-21(39)40/h15-19H,1-14,28-29H2,(H,33,41)(H,34,43)(H,35,42)(H,37,38)(H,39,40)(H,45,46)(H4,30,31,32)/t15-,16-,17-,18-,19-/m0/s1. The second-order valence-electron chi connectivity index (χ2n) is 10.9. The van der Waals surface area contributed by atoms with Crippen LogP contribution in [0.5, 0.6) is 0 Å². The highest BCUT2D eigenvalue weighted by Crippen LogP contribution is 2.20. The third-order valence-corrected chi connectivity index (χ3v) is 7.28. The molecular weight excluding hydrogens is 610 g/mol. The largest absolute Gasteiger partial charge is 0.481 e. The van der Waals surface area contributed by atoms with E-state index in [-0.39, 0.29) is 31.9 Å². The van der Waals surface area contributed by atoms with Crippen molar-refractivity contribution < 1.29 is 48.9 Å². The number of carboxylic acids is 3. The SMILES string of the molecule is N=C(N)NCCC[C@H](NC(=O)[C@@H]1CCCN1C(=O)[C@@H](N)CCCCN)C(=O)N[C@@H](CCC(=O)O)C(=O)N[C@@H](CCC(=O)O)C(=O)O. The fourth-order valence-electron chi connectivity index (χ4n) is 4.82. The van der Waals surface area contributed by atoms with Gasteiger partial charge in [-0.2, -0.15) is 0 Å². The van der Waals surface area contributed by atoms with Crippen molar-refractivity contribution in [3.63, 3.8) is 0 Å². The van der Waals surface area contributed by atoms with Crippen molar-refractivity contribution in [2.75, 3.05) is 19.6 Å². The minimum atomic E-state index is -1.63. The molecule has 0 bridgehead atoms. The zero-order valence-electron chi connectivity index (χ0n) is 25.7. The molecule has 1 aliphatic heterocycles. The van der Waals surface area contributed by atoms with Crippen LogP contribution in [0.25, 0.3) is 0 Å². The number of carbonyl (C=O) groups is 7. The summed E-state index contributed by atoms with van der Waals surface area (Å²) in [4.78, 5) is 87.9. The average Bonchev–Trinajstić information content (AvgIpc) is 3.48. The molecule has 0 aromatic carbocycles. The van der Waals surface area contributed by atoms with Crippen LogP contribution in [0, 0.1) is 5.41 Å². The summed E-state index contributed by atoms with van der Waals surface area (Å²) in [5.74, 6) is -7.48. The second kappa shape index (κ2) is 20.5. The van der Waals surface area contributed by atoms with Crippen LogP contribution in [0.2, 0.25) is 0 Å². The van der Waals surface area contributed by atoms with E-state index in [1.165, 1.54) is 4.90 Å². The molecule has 1 rings (SSSR count). The van der Waals surface area contributed by atoms with Gasteiger partial charge in [-0.1, -0.05) is 6.42 Å². The molecule has 0 radical (unpaired) electrons. The summed E-state index contributed by atoms with van der Waals surface area (Å²) >= 11 is 0. The number of guanidine groups is 1. The van der Waals surface area contributed by atoms with Crippen LogP contribution in [0.3, 0.4) is 0 Å². The van der Waals surface area contributed by atoms with Crippen molar-refractivity contribution in [3.05, 3.63) is 0 Å². The summed E-state index contributed by atoms with van der Waals surface area (Å²) in [6.07, 6.45) is 0.628. The summed E-state index contributed by atoms with van der Waals surface area (Å²) in [6.45, 7) is 0.878. The first-order chi connectivity index (χ1) is 21.7. The highest BCUT2D eigenvalue weighted by Gasteiger charge is 2.38. The molecule has 0 saturated carbocycles. The Morgan fingerprint density at radius 3 is 1.91 bits per heavy atom. The lowest BCUT2D eigenvalue weighted by molar-refractivity contribution is -0.144. The highest BCUT2D eigenvalue weighted by atomic mass is 16.4. The minimum Gasteiger partial charge on any atom is -0.481 e. The molecule has 19 nitrogen and oxygen atoms in total. The molecule has 0 unspecified atom stereocenters. The normalized spacial score (nSPS) is 16.7. The molecule has 0 aliphatic carbocycles. The molecular formula is C27H47N9O10. The van der Waals surface area contributed by atoms with E-state index in [4.69, 9.17) is 32.8 Å². The molecule has 1 heterocycles. The summed E-state index contributed by atoms with van der Waals surface area (Å²) in [7, 11) is 0. The first-order valence-corrected chi connectivity index (χ1v) is 15.1. The zero-order chi connectivity index (χ0) is 34.8. The Labute approximate surface area is 265 Å². The number of aliphatic carboxylic acids is 3. The maximum atomic E-state index is 13.4. The van der Waals surface area contributed by atoms with Gasteiger partial charge in [0.25, 0.3) is 0 Å². The molecule has 1 fully saturated rings. The smallest absolute Gasteiger partial charge is 0.326 e. The van der Waals surface area contributed by atoms with E-state index in [1.807, 2.05) is 0 Å². The van der Waals surface area contributed by atoms with Crippen LogP contribution in [0.1, 0.15) is 70.6 Å². The van der Waals surface area contributed by atoms with Crippen molar-refractivity contribution in [1.82, 2.24) is 26.2 Å². The predicted octanol–water partition coefficient (Wildman–Crippen LogP) is -3.03. The van der Waals surface area contributed by atoms with Crippen LogP contribution >= 0.6 is 0 Å². The van der Waals surface area contributed by atoms with Crippen molar-refractivity contribution in [2.24, 2.45) is 17.2 Å². The quantitative estimate of drug-likeness (QED) is 0.0313. The first-order valence-electron chi connectivity index (χ1n) is 15.1. The molecule has 4 amide bonds. The first kappa shape index (κ1) is 39.5. The van der Waals surface area contributed by atoms with Gasteiger partial charge in [-0.05, 0) is 57.9 Å². The number of nitrogens with two attached hydrogens (primary N) is 3. The van der Waals surface area contributed by atoms with Gasteiger partial charge in [0.1, 0.15) is 24.2 Å². The van der Waals surface area contributed by atoms with E-state index >= 15 is 0 Å². The van der Waals surface area contributed by atoms with Crippen LogP contribution in [-0.4, -0.2) is 118 Å². The number of hydrogen-bond donors (Lipinski definition) is 11. The van der Waals surface area contributed by atoms with Gasteiger partial charge in [0.15, 0.2) is 5.96 Å². The van der Waals surface area contributed by atoms with Gasteiger partial charge < -0.3 is 58.7 Å². The van der Waals surface area contributed by atoms with Crippen LogP contribution < -0.4 is 38.5 Å². The Balaban J connectivity index is 3.13. The number of nitrogens with one attached hydrogen (secondary N) is 5. The van der Waals surface area contributed by atoms with Crippen LogP contribution in [0.4, 0.5) is 0 Å². The second-order valence-corrected chi connectivity index (χ2v) is 10.9. The molecule has 1 saturated heterocycles. The molecule has 260 valence electrons.